The van der Waals surface area contributed by atoms with Gasteiger partial charge in [0.25, 0.3) is 0 Å². The first-order chi connectivity index (χ1) is 8.37. The van der Waals surface area contributed by atoms with Crippen molar-refractivity contribution in [2.45, 2.75) is 31.0 Å². The summed E-state index contributed by atoms with van der Waals surface area (Å²) in [7, 11) is 0. The third kappa shape index (κ3) is 2.14. The van der Waals surface area contributed by atoms with Crippen LogP contribution in [0.1, 0.15) is 13.2 Å². The molecule has 8 heteroatoms. The molecule has 3 N–H and O–H groups in total. The quantitative estimate of drug-likeness (QED) is 0.716. The second kappa shape index (κ2) is 4.78. The summed E-state index contributed by atoms with van der Waals surface area (Å²) in [6, 6.07) is 1.54. The predicted molar refractivity (Wildman–Crippen MR) is 67.0 cm³/mol. The topological polar surface area (TPSA) is 70.4 Å². The van der Waals surface area contributed by atoms with E-state index < -0.39 is 30.7 Å². The Hall–Kier alpha value is -0.670. The van der Waals surface area contributed by atoms with Gasteiger partial charge >= 0.3 is 0 Å². The number of alkyl halides is 1. The predicted octanol–water partition coefficient (Wildman–Crippen LogP) is 1.25. The van der Waals surface area contributed by atoms with Gasteiger partial charge in [-0.3, -0.25) is 4.57 Å². The number of aromatic nitrogens is 2. The minimum atomic E-state index is -2.05. The van der Waals surface area contributed by atoms with Crippen LogP contribution in [0.25, 0.3) is 0 Å². The van der Waals surface area contributed by atoms with Crippen LogP contribution < -0.4 is 0 Å². The third-order valence-corrected chi connectivity index (χ3v) is 3.55. The summed E-state index contributed by atoms with van der Waals surface area (Å²) in [4.78, 5) is 2.70. The van der Waals surface area contributed by atoms with Gasteiger partial charge < -0.3 is 19.9 Å². The fourth-order valence-electron chi connectivity index (χ4n) is 1.97. The molecule has 1 aromatic rings. The van der Waals surface area contributed by atoms with E-state index in [2.05, 4.69) is 4.98 Å². The van der Waals surface area contributed by atoms with Crippen LogP contribution in [0.3, 0.4) is 0 Å². The molecule has 0 aliphatic carbocycles. The molecule has 5 nitrogen and oxygen atoms in total. The molecule has 2 heterocycles. The number of aromatic amines is 1. The maximum absolute atomic E-state index is 14.5. The first-order valence-electron chi connectivity index (χ1n) is 5.32. The summed E-state index contributed by atoms with van der Waals surface area (Å²) in [6.45, 7) is 0.745. The molecule has 3 unspecified atom stereocenters. The van der Waals surface area contributed by atoms with E-state index in [1.54, 1.807) is 6.07 Å². The highest BCUT2D eigenvalue weighted by atomic mass is 32.1. The molecule has 1 aliphatic rings. The lowest BCUT2D eigenvalue weighted by Gasteiger charge is -2.25. The Balaban J connectivity index is 2.45. The Kier molecular flexibility index (Phi) is 3.65. The zero-order valence-electron chi connectivity index (χ0n) is 9.54. The lowest BCUT2D eigenvalue weighted by molar-refractivity contribution is -0.0601. The highest BCUT2D eigenvalue weighted by Gasteiger charge is 2.54. The van der Waals surface area contributed by atoms with Gasteiger partial charge in [0.2, 0.25) is 0 Å². The van der Waals surface area contributed by atoms with Crippen LogP contribution in [-0.2, 0) is 4.74 Å². The number of aliphatic hydroxyl groups is 2. The Bertz CT molecular complexity index is 557. The number of nitrogens with zero attached hydrogens (tertiary/aromatic N) is 1. The molecule has 0 spiro atoms. The van der Waals surface area contributed by atoms with Crippen molar-refractivity contribution in [3.63, 3.8) is 0 Å². The maximum atomic E-state index is 14.5. The number of halogens is 1. The Morgan fingerprint density at radius 1 is 1.61 bits per heavy atom. The van der Waals surface area contributed by atoms with Gasteiger partial charge in [0.15, 0.2) is 16.7 Å². The maximum Gasteiger partial charge on any atom is 0.181 e. The van der Waals surface area contributed by atoms with E-state index in [1.165, 1.54) is 17.7 Å². The van der Waals surface area contributed by atoms with Gasteiger partial charge in [-0.25, -0.2) is 4.39 Å². The Labute approximate surface area is 113 Å². The smallest absolute Gasteiger partial charge is 0.181 e. The molecule has 1 saturated heterocycles. The van der Waals surface area contributed by atoms with Crippen molar-refractivity contribution in [1.29, 1.82) is 0 Å². The van der Waals surface area contributed by atoms with Crippen LogP contribution in [0.5, 0.6) is 0 Å². The van der Waals surface area contributed by atoms with E-state index in [1.807, 2.05) is 0 Å². The number of H-pyrrole nitrogens is 1. The number of rotatable bonds is 2. The molecule has 1 aliphatic heterocycles. The molecule has 4 atom stereocenters. The zero-order valence-corrected chi connectivity index (χ0v) is 11.2. The number of ether oxygens (including phenoxy) is 1. The van der Waals surface area contributed by atoms with E-state index in [-0.39, 0.29) is 4.77 Å². The van der Waals surface area contributed by atoms with Crippen molar-refractivity contribution in [1.82, 2.24) is 9.55 Å². The average Bonchev–Trinajstić information content (AvgIpc) is 2.52. The second-order valence-electron chi connectivity index (χ2n) is 4.32. The van der Waals surface area contributed by atoms with Crippen LogP contribution in [0.4, 0.5) is 4.39 Å². The van der Waals surface area contributed by atoms with Crippen LogP contribution in [0.15, 0.2) is 12.3 Å². The third-order valence-electron chi connectivity index (χ3n) is 3.00. The van der Waals surface area contributed by atoms with Gasteiger partial charge in [-0.2, -0.15) is 0 Å². The highest BCUT2D eigenvalue weighted by molar-refractivity contribution is 7.72. The molecule has 1 aromatic heterocycles. The number of hydrogen-bond acceptors (Lipinski definition) is 5. The first kappa shape index (κ1) is 13.8. The fourth-order valence-corrected chi connectivity index (χ4v) is 2.46. The first-order valence-corrected chi connectivity index (χ1v) is 6.14. The number of nitrogens with one attached hydrogen (secondary N) is 1. The Morgan fingerprint density at radius 3 is 2.78 bits per heavy atom. The molecule has 0 saturated carbocycles. The van der Waals surface area contributed by atoms with Crippen molar-refractivity contribution in [2.24, 2.45) is 0 Å². The fraction of sp³-hybridized carbons (Fsp3) is 0.600. The summed E-state index contributed by atoms with van der Waals surface area (Å²) in [5, 5.41) is 18.8. The molecule has 0 radical (unpaired) electrons. The summed E-state index contributed by atoms with van der Waals surface area (Å²) in [6.07, 6.45) is -2.01. The van der Waals surface area contributed by atoms with Crippen LogP contribution in [-0.4, -0.2) is 44.2 Å². The Morgan fingerprint density at radius 2 is 2.28 bits per heavy atom. The summed E-state index contributed by atoms with van der Waals surface area (Å²) >= 11 is 9.94. The molecular weight excluding hydrogens is 279 g/mol. The van der Waals surface area contributed by atoms with E-state index in [9.17, 15) is 9.50 Å². The van der Waals surface area contributed by atoms with Crippen LogP contribution in [0.2, 0.25) is 0 Å². The van der Waals surface area contributed by atoms with Crippen molar-refractivity contribution < 1.29 is 19.3 Å². The second-order valence-corrected chi connectivity index (χ2v) is 5.15. The molecule has 100 valence electrons. The molecule has 1 fully saturated rings. The lowest BCUT2D eigenvalue weighted by atomic mass is 9.99. The lowest BCUT2D eigenvalue weighted by Crippen LogP contribution is -2.40. The van der Waals surface area contributed by atoms with Gasteiger partial charge in [-0.1, -0.05) is 12.2 Å². The molecule has 2 rings (SSSR count). The highest BCUT2D eigenvalue weighted by Crippen LogP contribution is 2.41. The SMILES string of the molecule is CC1(F)C(n2ccc(=S)[nH]c2=S)OC(CO)[C@@H]1O. The van der Waals surface area contributed by atoms with E-state index in [4.69, 9.17) is 34.3 Å². The summed E-state index contributed by atoms with van der Waals surface area (Å²) < 4.78 is 21.8. The van der Waals surface area contributed by atoms with Crippen LogP contribution in [0, 0.1) is 9.41 Å². The van der Waals surface area contributed by atoms with Gasteiger partial charge in [0, 0.05) is 6.20 Å². The number of hydrogen-bond donors (Lipinski definition) is 3. The summed E-state index contributed by atoms with van der Waals surface area (Å²) in [5.74, 6) is 0. The van der Waals surface area contributed by atoms with Gasteiger partial charge in [0.05, 0.1) is 6.61 Å². The minimum Gasteiger partial charge on any atom is -0.394 e. The van der Waals surface area contributed by atoms with Crippen molar-refractivity contribution in [3.05, 3.63) is 21.7 Å². The van der Waals surface area contributed by atoms with E-state index >= 15 is 0 Å². The monoisotopic (exact) mass is 292 g/mol. The van der Waals surface area contributed by atoms with Crippen molar-refractivity contribution in [2.75, 3.05) is 6.61 Å². The van der Waals surface area contributed by atoms with Crippen molar-refractivity contribution >= 4 is 24.4 Å². The van der Waals surface area contributed by atoms with E-state index in [0.717, 1.165) is 0 Å². The van der Waals surface area contributed by atoms with Gasteiger partial charge in [0.1, 0.15) is 16.8 Å². The standard InChI is InChI=1S/C10H13FN2O3S2/c1-10(11)7(15)5(4-14)16-8(10)13-3-2-6(17)12-9(13)18/h2-3,5,7-8,14-15H,4H2,1H3,(H,12,17,18)/t5?,7-,8?,10?/m0/s1. The largest absolute Gasteiger partial charge is 0.394 e. The average molecular weight is 292 g/mol. The van der Waals surface area contributed by atoms with Gasteiger partial charge in [-0.05, 0) is 25.2 Å². The minimum absolute atomic E-state index is 0.196. The van der Waals surface area contributed by atoms with Crippen LogP contribution >= 0.6 is 24.4 Å². The zero-order chi connectivity index (χ0) is 13.5. The van der Waals surface area contributed by atoms with Gasteiger partial charge in [-0.15, -0.1) is 0 Å². The molecule has 0 bridgehead atoms. The van der Waals surface area contributed by atoms with Crippen molar-refractivity contribution in [3.8, 4) is 0 Å². The molecular formula is C10H13FN2O3S2. The number of aliphatic hydroxyl groups excluding tert-OH is 2. The molecule has 0 aromatic carbocycles. The molecule has 0 amide bonds. The molecule has 18 heavy (non-hydrogen) atoms. The normalized spacial score (nSPS) is 35.9. The van der Waals surface area contributed by atoms with E-state index in [0.29, 0.717) is 4.64 Å². The summed E-state index contributed by atoms with van der Waals surface area (Å²) in [5.41, 5.74) is -2.05.